The van der Waals surface area contributed by atoms with E-state index in [1.54, 1.807) is 0 Å². The third-order valence-corrected chi connectivity index (χ3v) is 5.07. The lowest BCUT2D eigenvalue weighted by molar-refractivity contribution is -0.152. The first-order valence-corrected chi connectivity index (χ1v) is 7.43. The monoisotopic (exact) mass is 278 g/mol. The molecule has 6 nitrogen and oxygen atoms in total. The summed E-state index contributed by atoms with van der Waals surface area (Å²) in [4.78, 5) is 14.3. The van der Waals surface area contributed by atoms with E-state index in [0.29, 0.717) is 11.8 Å². The third-order valence-electron chi connectivity index (χ3n) is 5.07. The molecule has 0 bridgehead atoms. The Kier molecular flexibility index (Phi) is 3.50. The highest BCUT2D eigenvalue weighted by Crippen LogP contribution is 2.56. The van der Waals surface area contributed by atoms with Gasteiger partial charge in [-0.1, -0.05) is 12.8 Å². The fourth-order valence-corrected chi connectivity index (χ4v) is 4.02. The molecule has 0 unspecified atom stereocenters. The molecule has 0 aromatic carbocycles. The zero-order valence-electron chi connectivity index (χ0n) is 12.1. The van der Waals surface area contributed by atoms with Gasteiger partial charge in [-0.05, 0) is 26.2 Å². The summed E-state index contributed by atoms with van der Waals surface area (Å²) in [6, 6.07) is 0.269. The standard InChI is InChI=1S/C14H22N4O2/c1-3-20-12-8-11(14(12)6-4-5-7-14)18(2)13(19)10-9-15-17-16-10/h9,11-12H,3-8H2,1-2H3,(H,15,16,17)/t11-,12-/m0/s1. The van der Waals surface area contributed by atoms with Crippen molar-refractivity contribution >= 4 is 5.91 Å². The number of hydrogen-bond donors (Lipinski definition) is 1. The number of aromatic amines is 1. The first-order valence-electron chi connectivity index (χ1n) is 7.43. The van der Waals surface area contributed by atoms with E-state index < -0.39 is 0 Å². The van der Waals surface area contributed by atoms with Crippen molar-refractivity contribution in [1.82, 2.24) is 20.3 Å². The molecular formula is C14H22N4O2. The van der Waals surface area contributed by atoms with E-state index >= 15 is 0 Å². The van der Waals surface area contributed by atoms with Gasteiger partial charge in [0.15, 0.2) is 5.69 Å². The molecule has 2 aliphatic rings. The van der Waals surface area contributed by atoms with Gasteiger partial charge in [0.25, 0.3) is 5.91 Å². The quantitative estimate of drug-likeness (QED) is 0.908. The van der Waals surface area contributed by atoms with Crippen molar-refractivity contribution in [2.24, 2.45) is 5.41 Å². The molecule has 1 aromatic heterocycles. The normalized spacial score (nSPS) is 27.5. The predicted molar refractivity (Wildman–Crippen MR) is 73.2 cm³/mol. The number of H-pyrrole nitrogens is 1. The molecular weight excluding hydrogens is 256 g/mol. The number of ether oxygens (including phenoxy) is 1. The maximum absolute atomic E-state index is 12.4. The van der Waals surface area contributed by atoms with Crippen LogP contribution in [0.4, 0.5) is 0 Å². The molecule has 0 saturated heterocycles. The van der Waals surface area contributed by atoms with Crippen molar-refractivity contribution in [2.75, 3.05) is 13.7 Å². The summed E-state index contributed by atoms with van der Waals surface area (Å²) in [6.07, 6.45) is 7.55. The first kappa shape index (κ1) is 13.5. The van der Waals surface area contributed by atoms with Gasteiger partial charge in [0.05, 0.1) is 12.3 Å². The van der Waals surface area contributed by atoms with Gasteiger partial charge in [-0.25, -0.2) is 0 Å². The Morgan fingerprint density at radius 1 is 1.55 bits per heavy atom. The number of nitrogens with zero attached hydrogens (tertiary/aromatic N) is 3. The highest BCUT2D eigenvalue weighted by molar-refractivity contribution is 5.92. The van der Waals surface area contributed by atoms with Crippen molar-refractivity contribution in [3.8, 4) is 0 Å². The fraction of sp³-hybridized carbons (Fsp3) is 0.786. The zero-order chi connectivity index (χ0) is 14.2. The van der Waals surface area contributed by atoms with E-state index in [2.05, 4.69) is 15.4 Å². The minimum Gasteiger partial charge on any atom is -0.378 e. The number of hydrogen-bond acceptors (Lipinski definition) is 4. The Bertz CT molecular complexity index is 468. The van der Waals surface area contributed by atoms with Crippen molar-refractivity contribution < 1.29 is 9.53 Å². The maximum atomic E-state index is 12.4. The van der Waals surface area contributed by atoms with Gasteiger partial charge in [-0.2, -0.15) is 15.4 Å². The highest BCUT2D eigenvalue weighted by Gasteiger charge is 2.58. The van der Waals surface area contributed by atoms with Crippen LogP contribution in [0.25, 0.3) is 0 Å². The van der Waals surface area contributed by atoms with Gasteiger partial charge in [-0.15, -0.1) is 0 Å². The number of aromatic nitrogens is 3. The molecule has 110 valence electrons. The lowest BCUT2D eigenvalue weighted by Gasteiger charge is -2.56. The van der Waals surface area contributed by atoms with Crippen LogP contribution in [0, 0.1) is 5.41 Å². The van der Waals surface area contributed by atoms with Gasteiger partial charge < -0.3 is 9.64 Å². The lowest BCUT2D eigenvalue weighted by Crippen LogP contribution is -2.64. The minimum atomic E-state index is -0.0510. The summed E-state index contributed by atoms with van der Waals surface area (Å²) in [5.74, 6) is -0.0510. The van der Waals surface area contributed by atoms with Crippen LogP contribution in [-0.2, 0) is 4.74 Å². The van der Waals surface area contributed by atoms with E-state index in [1.807, 2.05) is 18.9 Å². The molecule has 1 aromatic rings. The molecule has 2 saturated carbocycles. The SMILES string of the molecule is CCO[C@H]1C[C@H](N(C)C(=O)c2cn[nH]n2)C12CCCC2. The number of carbonyl (C=O) groups excluding carboxylic acids is 1. The van der Waals surface area contributed by atoms with Gasteiger partial charge in [0, 0.05) is 25.1 Å². The van der Waals surface area contributed by atoms with E-state index in [1.165, 1.54) is 31.9 Å². The number of nitrogens with one attached hydrogen (secondary N) is 1. The van der Waals surface area contributed by atoms with Crippen LogP contribution < -0.4 is 0 Å². The van der Waals surface area contributed by atoms with E-state index in [4.69, 9.17) is 4.74 Å². The molecule has 6 heteroatoms. The highest BCUT2D eigenvalue weighted by atomic mass is 16.5. The van der Waals surface area contributed by atoms with E-state index in [0.717, 1.165) is 13.0 Å². The fourth-order valence-electron chi connectivity index (χ4n) is 4.02. The van der Waals surface area contributed by atoms with E-state index in [9.17, 15) is 4.79 Å². The molecule has 0 aliphatic heterocycles. The van der Waals surface area contributed by atoms with Crippen LogP contribution in [0.5, 0.6) is 0 Å². The maximum Gasteiger partial charge on any atom is 0.276 e. The summed E-state index contributed by atoms with van der Waals surface area (Å²) in [5.41, 5.74) is 0.560. The Hall–Kier alpha value is -1.43. The Morgan fingerprint density at radius 3 is 2.90 bits per heavy atom. The average molecular weight is 278 g/mol. The molecule has 2 atom stereocenters. The van der Waals surface area contributed by atoms with Gasteiger partial charge >= 0.3 is 0 Å². The van der Waals surface area contributed by atoms with Crippen molar-refractivity contribution in [1.29, 1.82) is 0 Å². The lowest BCUT2D eigenvalue weighted by atomic mass is 9.60. The number of carbonyl (C=O) groups is 1. The topological polar surface area (TPSA) is 71.1 Å². The Balaban J connectivity index is 1.75. The molecule has 3 rings (SSSR count). The molecule has 1 amide bonds. The number of amides is 1. The summed E-state index contributed by atoms with van der Waals surface area (Å²) in [7, 11) is 1.88. The van der Waals surface area contributed by atoms with Crippen LogP contribution in [-0.4, -0.2) is 52.0 Å². The van der Waals surface area contributed by atoms with Gasteiger partial charge in [0.1, 0.15) is 0 Å². The molecule has 2 aliphatic carbocycles. The van der Waals surface area contributed by atoms with Crippen molar-refractivity contribution in [2.45, 2.75) is 51.2 Å². The molecule has 20 heavy (non-hydrogen) atoms. The van der Waals surface area contributed by atoms with Crippen molar-refractivity contribution in [3.05, 3.63) is 11.9 Å². The number of rotatable bonds is 4. The van der Waals surface area contributed by atoms with Crippen LogP contribution in [0.3, 0.4) is 0 Å². The van der Waals surface area contributed by atoms with E-state index in [-0.39, 0.29) is 17.4 Å². The molecule has 2 fully saturated rings. The van der Waals surface area contributed by atoms with Crippen LogP contribution >= 0.6 is 0 Å². The second-order valence-corrected chi connectivity index (χ2v) is 5.91. The van der Waals surface area contributed by atoms with Crippen LogP contribution in [0.2, 0.25) is 0 Å². The largest absolute Gasteiger partial charge is 0.378 e. The molecule has 0 radical (unpaired) electrons. The van der Waals surface area contributed by atoms with Gasteiger partial charge in [0.2, 0.25) is 0 Å². The zero-order valence-corrected chi connectivity index (χ0v) is 12.1. The summed E-state index contributed by atoms with van der Waals surface area (Å²) < 4.78 is 5.89. The third kappa shape index (κ3) is 1.93. The van der Waals surface area contributed by atoms with Crippen molar-refractivity contribution in [3.63, 3.8) is 0 Å². The first-order chi connectivity index (χ1) is 9.69. The van der Waals surface area contributed by atoms with Crippen LogP contribution in [0.1, 0.15) is 49.5 Å². The summed E-state index contributed by atoms with van der Waals surface area (Å²) in [5, 5.41) is 10.1. The average Bonchev–Trinajstić information content (AvgIpc) is 3.13. The molecule has 1 spiro atoms. The predicted octanol–water partition coefficient (Wildman–Crippen LogP) is 1.61. The molecule has 1 heterocycles. The second kappa shape index (κ2) is 5.16. The molecule has 1 N–H and O–H groups in total. The summed E-state index contributed by atoms with van der Waals surface area (Å²) in [6.45, 7) is 2.79. The second-order valence-electron chi connectivity index (χ2n) is 5.91. The van der Waals surface area contributed by atoms with Gasteiger partial charge in [-0.3, -0.25) is 4.79 Å². The van der Waals surface area contributed by atoms with Crippen LogP contribution in [0.15, 0.2) is 6.20 Å². The Labute approximate surface area is 118 Å². The Morgan fingerprint density at radius 2 is 2.30 bits per heavy atom. The summed E-state index contributed by atoms with van der Waals surface area (Å²) >= 11 is 0. The smallest absolute Gasteiger partial charge is 0.276 e. The minimum absolute atomic E-state index is 0.0510.